The largest absolute Gasteiger partial charge is 0.389 e. The molecule has 1 aromatic carbocycles. The number of hydrogen-bond donors (Lipinski definition) is 1. The molecule has 19 heavy (non-hydrogen) atoms. The molecule has 106 valence electrons. The van der Waals surface area contributed by atoms with E-state index < -0.39 is 6.10 Å². The maximum atomic E-state index is 13.3. The van der Waals surface area contributed by atoms with Crippen LogP contribution in [0.25, 0.3) is 0 Å². The third kappa shape index (κ3) is 2.76. The fourth-order valence-corrected chi connectivity index (χ4v) is 3.12. The molecule has 1 aliphatic rings. The molecule has 1 aromatic rings. The number of anilines is 1. The zero-order valence-corrected chi connectivity index (χ0v) is 12.1. The maximum Gasteiger partial charge on any atom is 0.123 e. The molecule has 0 aromatic heterocycles. The molecule has 1 saturated heterocycles. The van der Waals surface area contributed by atoms with E-state index in [0.717, 1.165) is 18.8 Å². The maximum absolute atomic E-state index is 13.3. The predicted octanol–water partition coefficient (Wildman–Crippen LogP) is 3.90. The molecule has 0 spiro atoms. The van der Waals surface area contributed by atoms with Crippen LogP contribution in [0.15, 0.2) is 18.2 Å². The Morgan fingerprint density at radius 3 is 2.58 bits per heavy atom. The van der Waals surface area contributed by atoms with Crippen LogP contribution in [0.2, 0.25) is 0 Å². The van der Waals surface area contributed by atoms with Gasteiger partial charge in [0.15, 0.2) is 0 Å². The lowest BCUT2D eigenvalue weighted by Gasteiger charge is -2.28. The number of rotatable bonds is 4. The van der Waals surface area contributed by atoms with Crippen LogP contribution in [0.3, 0.4) is 0 Å². The number of benzene rings is 1. The first-order valence-corrected chi connectivity index (χ1v) is 7.24. The summed E-state index contributed by atoms with van der Waals surface area (Å²) in [4.78, 5) is 2.30. The van der Waals surface area contributed by atoms with Crippen molar-refractivity contribution >= 4 is 5.69 Å². The first-order valence-electron chi connectivity index (χ1n) is 7.24. The van der Waals surface area contributed by atoms with Gasteiger partial charge in [-0.15, -0.1) is 0 Å². The number of halogens is 1. The lowest BCUT2D eigenvalue weighted by molar-refractivity contribution is 0.199. The molecule has 1 atom stereocenters. The van der Waals surface area contributed by atoms with Crippen molar-refractivity contribution in [2.45, 2.75) is 46.1 Å². The van der Waals surface area contributed by atoms with Crippen molar-refractivity contribution in [3.63, 3.8) is 0 Å². The van der Waals surface area contributed by atoms with E-state index in [2.05, 4.69) is 18.7 Å². The van der Waals surface area contributed by atoms with E-state index in [0.29, 0.717) is 11.0 Å². The van der Waals surface area contributed by atoms with Gasteiger partial charge in [0.25, 0.3) is 0 Å². The van der Waals surface area contributed by atoms with Crippen molar-refractivity contribution in [1.82, 2.24) is 0 Å². The predicted molar refractivity (Wildman–Crippen MR) is 76.9 cm³/mol. The van der Waals surface area contributed by atoms with Gasteiger partial charge in [-0.25, -0.2) is 4.39 Å². The number of hydrogen-bond acceptors (Lipinski definition) is 2. The highest BCUT2D eigenvalue weighted by Gasteiger charge is 2.35. The highest BCUT2D eigenvalue weighted by Crippen LogP contribution is 2.40. The van der Waals surface area contributed by atoms with Crippen LogP contribution in [0.4, 0.5) is 10.1 Å². The van der Waals surface area contributed by atoms with Crippen LogP contribution >= 0.6 is 0 Å². The first kappa shape index (κ1) is 14.3. The van der Waals surface area contributed by atoms with Crippen molar-refractivity contribution in [1.29, 1.82) is 0 Å². The van der Waals surface area contributed by atoms with Crippen molar-refractivity contribution in [2.75, 3.05) is 18.0 Å². The normalized spacial score (nSPS) is 19.7. The molecule has 3 heteroatoms. The van der Waals surface area contributed by atoms with Crippen molar-refractivity contribution < 1.29 is 9.50 Å². The SMILES string of the molecule is CCC1(CC)CCN(c2ccc(F)cc2[C@@H](C)O)C1. The van der Waals surface area contributed by atoms with Gasteiger partial charge >= 0.3 is 0 Å². The third-order valence-corrected chi connectivity index (χ3v) is 4.72. The second kappa shape index (κ2) is 5.49. The average Bonchev–Trinajstić information content (AvgIpc) is 2.83. The van der Waals surface area contributed by atoms with Crippen LogP contribution in [0.5, 0.6) is 0 Å². The summed E-state index contributed by atoms with van der Waals surface area (Å²) in [6.07, 6.45) is 2.89. The molecule has 0 unspecified atom stereocenters. The summed E-state index contributed by atoms with van der Waals surface area (Å²) in [6.45, 7) is 8.18. The molecule has 0 aliphatic carbocycles. The van der Waals surface area contributed by atoms with E-state index in [4.69, 9.17) is 0 Å². The molecule has 0 bridgehead atoms. The van der Waals surface area contributed by atoms with Crippen molar-refractivity contribution in [3.05, 3.63) is 29.6 Å². The molecular formula is C16H24FNO. The highest BCUT2D eigenvalue weighted by molar-refractivity contribution is 5.55. The second-order valence-corrected chi connectivity index (χ2v) is 5.76. The van der Waals surface area contributed by atoms with Gasteiger partial charge in [-0.2, -0.15) is 0 Å². The van der Waals surface area contributed by atoms with Crippen LogP contribution < -0.4 is 4.90 Å². The van der Waals surface area contributed by atoms with Crippen molar-refractivity contribution in [3.8, 4) is 0 Å². The molecule has 1 N–H and O–H groups in total. The minimum atomic E-state index is -0.635. The lowest BCUT2D eigenvalue weighted by atomic mass is 9.82. The zero-order valence-electron chi connectivity index (χ0n) is 12.1. The number of nitrogens with zero attached hydrogens (tertiary/aromatic N) is 1. The molecule has 1 aliphatic heterocycles. The Morgan fingerprint density at radius 1 is 1.37 bits per heavy atom. The topological polar surface area (TPSA) is 23.5 Å². The Balaban J connectivity index is 2.29. The molecule has 0 amide bonds. The van der Waals surface area contributed by atoms with E-state index in [1.165, 1.54) is 31.4 Å². The van der Waals surface area contributed by atoms with Crippen LogP contribution in [-0.4, -0.2) is 18.2 Å². The smallest absolute Gasteiger partial charge is 0.123 e. The van der Waals surface area contributed by atoms with E-state index in [1.54, 1.807) is 13.0 Å². The van der Waals surface area contributed by atoms with E-state index in [9.17, 15) is 9.50 Å². The molecule has 2 nitrogen and oxygen atoms in total. The summed E-state index contributed by atoms with van der Waals surface area (Å²) in [6, 6.07) is 4.75. The monoisotopic (exact) mass is 265 g/mol. The van der Waals surface area contributed by atoms with Gasteiger partial charge in [0.05, 0.1) is 6.10 Å². The van der Waals surface area contributed by atoms with E-state index in [-0.39, 0.29) is 5.82 Å². The summed E-state index contributed by atoms with van der Waals surface area (Å²) in [5, 5.41) is 9.84. The second-order valence-electron chi connectivity index (χ2n) is 5.76. The highest BCUT2D eigenvalue weighted by atomic mass is 19.1. The first-order chi connectivity index (χ1) is 9.01. The summed E-state index contributed by atoms with van der Waals surface area (Å²) < 4.78 is 13.3. The third-order valence-electron chi connectivity index (χ3n) is 4.72. The Bertz CT molecular complexity index is 440. The van der Waals surface area contributed by atoms with Gasteiger partial charge in [0.2, 0.25) is 0 Å². The minimum Gasteiger partial charge on any atom is -0.389 e. The molecule has 2 rings (SSSR count). The standard InChI is InChI=1S/C16H24FNO/c1-4-16(5-2)8-9-18(11-16)15-7-6-13(17)10-14(15)12(3)19/h6-7,10,12,19H,4-5,8-9,11H2,1-3H3/t12-/m1/s1. The number of aliphatic hydroxyl groups excluding tert-OH is 1. The minimum absolute atomic E-state index is 0.281. The van der Waals surface area contributed by atoms with Gasteiger partial charge in [0.1, 0.15) is 5.82 Å². The summed E-state index contributed by atoms with van der Waals surface area (Å²) >= 11 is 0. The Morgan fingerprint density at radius 2 is 2.05 bits per heavy atom. The molecule has 0 saturated carbocycles. The lowest BCUT2D eigenvalue weighted by Crippen LogP contribution is -2.27. The Hall–Kier alpha value is -1.09. The van der Waals surface area contributed by atoms with Crippen LogP contribution in [-0.2, 0) is 0 Å². The fraction of sp³-hybridized carbons (Fsp3) is 0.625. The summed E-state index contributed by atoms with van der Waals surface area (Å²) in [7, 11) is 0. The zero-order chi connectivity index (χ0) is 14.0. The summed E-state index contributed by atoms with van der Waals surface area (Å²) in [5.74, 6) is -0.281. The quantitative estimate of drug-likeness (QED) is 0.892. The van der Waals surface area contributed by atoms with Gasteiger partial charge in [0, 0.05) is 24.3 Å². The Kier molecular flexibility index (Phi) is 4.14. The van der Waals surface area contributed by atoms with Gasteiger partial charge in [-0.1, -0.05) is 13.8 Å². The average molecular weight is 265 g/mol. The van der Waals surface area contributed by atoms with Gasteiger partial charge < -0.3 is 10.0 Å². The van der Waals surface area contributed by atoms with Gasteiger partial charge in [-0.3, -0.25) is 0 Å². The van der Waals surface area contributed by atoms with E-state index in [1.807, 2.05) is 0 Å². The van der Waals surface area contributed by atoms with Crippen molar-refractivity contribution in [2.24, 2.45) is 5.41 Å². The summed E-state index contributed by atoms with van der Waals surface area (Å²) in [5.41, 5.74) is 2.06. The number of aliphatic hydroxyl groups is 1. The molecule has 1 heterocycles. The van der Waals surface area contributed by atoms with E-state index >= 15 is 0 Å². The van der Waals surface area contributed by atoms with Gasteiger partial charge in [-0.05, 0) is 49.8 Å². The fourth-order valence-electron chi connectivity index (χ4n) is 3.12. The Labute approximate surface area is 115 Å². The van der Waals surface area contributed by atoms with Crippen LogP contribution in [0.1, 0.15) is 51.7 Å². The molecular weight excluding hydrogens is 241 g/mol. The molecule has 0 radical (unpaired) electrons. The molecule has 1 fully saturated rings. The van der Waals surface area contributed by atoms with Crippen LogP contribution in [0, 0.1) is 11.2 Å².